The molecule has 1 atom stereocenters. The fraction of sp³-hybridized carbons (Fsp3) is 0.189. The summed E-state index contributed by atoms with van der Waals surface area (Å²) < 4.78 is 46.1. The molecule has 1 saturated carbocycles. The number of hydrogen-bond donors (Lipinski definition) is 3. The number of amides is 1. The Hall–Kier alpha value is -5.33. The fourth-order valence-corrected chi connectivity index (χ4v) is 4.76. The number of benzene rings is 4. The van der Waals surface area contributed by atoms with Gasteiger partial charge in [0.05, 0.1) is 23.2 Å². The molecular formula is C37H33F3N4O2. The number of halogens is 3. The maximum Gasteiger partial charge on any atom is 0.415 e. The molecule has 1 amide bonds. The Balaban J connectivity index is 1.35. The molecule has 0 aromatic heterocycles. The SMILES string of the molecule is C=C(/C=C(\Nc1cccc(C#N)c1)C(=O)Nc1cccc(C(NCC2CC2)c2ccc(OCc3ccccc3)cc2)c1)C(F)(F)F. The largest absolute Gasteiger partial charge is 0.489 e. The van der Waals surface area contributed by atoms with Crippen LogP contribution in [0.5, 0.6) is 5.75 Å². The summed E-state index contributed by atoms with van der Waals surface area (Å²) in [5.41, 5.74) is 2.33. The van der Waals surface area contributed by atoms with Gasteiger partial charge in [0.1, 0.15) is 18.1 Å². The quantitative estimate of drug-likeness (QED) is 0.103. The van der Waals surface area contributed by atoms with Crippen LogP contribution in [0.3, 0.4) is 0 Å². The molecule has 46 heavy (non-hydrogen) atoms. The van der Waals surface area contributed by atoms with Gasteiger partial charge in [-0.1, -0.05) is 67.2 Å². The van der Waals surface area contributed by atoms with E-state index in [4.69, 9.17) is 4.74 Å². The third kappa shape index (κ3) is 9.10. The fourth-order valence-electron chi connectivity index (χ4n) is 4.76. The van der Waals surface area contributed by atoms with Crippen molar-refractivity contribution in [3.8, 4) is 11.8 Å². The molecule has 1 aliphatic rings. The Bertz CT molecular complexity index is 1740. The summed E-state index contributed by atoms with van der Waals surface area (Å²) in [6, 6.07) is 32.8. The molecule has 234 valence electrons. The third-order valence-electron chi connectivity index (χ3n) is 7.45. The van der Waals surface area contributed by atoms with E-state index in [9.17, 15) is 23.2 Å². The molecule has 0 spiro atoms. The van der Waals surface area contributed by atoms with Crippen molar-refractivity contribution < 1.29 is 22.7 Å². The van der Waals surface area contributed by atoms with Crippen molar-refractivity contribution in [3.05, 3.63) is 149 Å². The minimum Gasteiger partial charge on any atom is -0.489 e. The first-order valence-electron chi connectivity index (χ1n) is 14.8. The summed E-state index contributed by atoms with van der Waals surface area (Å²) in [6.45, 7) is 4.36. The highest BCUT2D eigenvalue weighted by molar-refractivity contribution is 6.06. The molecular weight excluding hydrogens is 589 g/mol. The zero-order valence-electron chi connectivity index (χ0n) is 25.0. The van der Waals surface area contributed by atoms with Crippen molar-refractivity contribution in [2.45, 2.75) is 31.7 Å². The summed E-state index contributed by atoms with van der Waals surface area (Å²) in [5.74, 6) is 0.549. The molecule has 5 rings (SSSR count). The van der Waals surface area contributed by atoms with Crippen LogP contribution in [-0.4, -0.2) is 18.6 Å². The van der Waals surface area contributed by atoms with Gasteiger partial charge in [-0.25, -0.2) is 0 Å². The Morgan fingerprint density at radius 3 is 2.28 bits per heavy atom. The Kier molecular flexibility index (Phi) is 10.2. The molecule has 0 aliphatic heterocycles. The number of rotatable bonds is 13. The van der Waals surface area contributed by atoms with E-state index in [0.717, 1.165) is 29.0 Å². The maximum absolute atomic E-state index is 13.4. The minimum absolute atomic E-state index is 0.201. The summed E-state index contributed by atoms with van der Waals surface area (Å²) >= 11 is 0. The molecule has 3 N–H and O–H groups in total. The van der Waals surface area contributed by atoms with Crippen molar-refractivity contribution in [1.29, 1.82) is 5.26 Å². The number of carbonyl (C=O) groups excluding carboxylic acids is 1. The van der Waals surface area contributed by atoms with Crippen LogP contribution in [0.1, 0.15) is 41.1 Å². The van der Waals surface area contributed by atoms with Crippen molar-refractivity contribution in [1.82, 2.24) is 5.32 Å². The molecule has 1 unspecified atom stereocenters. The first-order valence-corrected chi connectivity index (χ1v) is 14.8. The highest BCUT2D eigenvalue weighted by atomic mass is 19.4. The molecule has 0 bridgehead atoms. The Morgan fingerprint density at radius 1 is 0.913 bits per heavy atom. The predicted octanol–water partition coefficient (Wildman–Crippen LogP) is 8.28. The molecule has 1 fully saturated rings. The maximum atomic E-state index is 13.4. The van der Waals surface area contributed by atoms with E-state index in [0.29, 0.717) is 24.3 Å². The standard InChI is InChI=1S/C37H33F3N4O2/c1-25(37(38,39)40)19-34(43-31-11-5-9-28(20-31)22-41)36(45)44-32-12-6-10-30(21-32)35(42-23-26-13-14-26)29-15-17-33(18-16-29)46-24-27-7-3-2-4-8-27/h2-12,15-21,26,35,42-43H,1,13-14,23-24H2,(H,44,45)/b34-19-. The van der Waals surface area contributed by atoms with E-state index in [1.807, 2.05) is 66.7 Å². The first-order chi connectivity index (χ1) is 22.2. The van der Waals surface area contributed by atoms with Crippen LogP contribution in [-0.2, 0) is 11.4 Å². The number of hydrogen-bond acceptors (Lipinski definition) is 5. The summed E-state index contributed by atoms with van der Waals surface area (Å²) in [5, 5.41) is 18.3. The van der Waals surface area contributed by atoms with Gasteiger partial charge >= 0.3 is 6.18 Å². The van der Waals surface area contributed by atoms with E-state index < -0.39 is 17.7 Å². The van der Waals surface area contributed by atoms with Gasteiger partial charge in [-0.3, -0.25) is 4.79 Å². The highest BCUT2D eigenvalue weighted by Crippen LogP contribution is 2.32. The second-order valence-corrected chi connectivity index (χ2v) is 11.1. The molecule has 0 heterocycles. The molecule has 4 aromatic rings. The average molecular weight is 623 g/mol. The number of nitrogens with zero attached hydrogens (tertiary/aromatic N) is 1. The predicted molar refractivity (Wildman–Crippen MR) is 173 cm³/mol. The molecule has 6 nitrogen and oxygen atoms in total. The van der Waals surface area contributed by atoms with Crippen molar-refractivity contribution in [2.75, 3.05) is 17.2 Å². The van der Waals surface area contributed by atoms with Crippen LogP contribution in [0.15, 0.2) is 127 Å². The van der Waals surface area contributed by atoms with E-state index in [1.165, 1.54) is 18.9 Å². The van der Waals surface area contributed by atoms with Crippen LogP contribution in [0, 0.1) is 17.2 Å². The van der Waals surface area contributed by atoms with Gasteiger partial charge in [0.25, 0.3) is 5.91 Å². The van der Waals surface area contributed by atoms with E-state index >= 15 is 0 Å². The Morgan fingerprint density at radius 2 is 1.61 bits per heavy atom. The van der Waals surface area contributed by atoms with Gasteiger partial charge < -0.3 is 20.7 Å². The van der Waals surface area contributed by atoms with Crippen molar-refractivity contribution in [2.24, 2.45) is 5.92 Å². The zero-order chi connectivity index (χ0) is 32.5. The summed E-state index contributed by atoms with van der Waals surface area (Å²) in [6.07, 6.45) is -1.74. The smallest absolute Gasteiger partial charge is 0.415 e. The van der Waals surface area contributed by atoms with Gasteiger partial charge in [-0.05, 0) is 90.5 Å². The molecule has 4 aromatic carbocycles. The number of alkyl halides is 3. The van der Waals surface area contributed by atoms with Gasteiger partial charge in [0.15, 0.2) is 0 Å². The number of allylic oxidation sites excluding steroid dienone is 2. The highest BCUT2D eigenvalue weighted by Gasteiger charge is 2.31. The monoisotopic (exact) mass is 622 g/mol. The van der Waals surface area contributed by atoms with Crippen LogP contribution < -0.4 is 20.7 Å². The number of nitrogens with one attached hydrogen (secondary N) is 3. The first kappa shape index (κ1) is 32.1. The topological polar surface area (TPSA) is 86.2 Å². The van der Waals surface area contributed by atoms with Crippen LogP contribution in [0.2, 0.25) is 0 Å². The lowest BCUT2D eigenvalue weighted by molar-refractivity contribution is -0.112. The lowest BCUT2D eigenvalue weighted by atomic mass is 9.97. The molecule has 9 heteroatoms. The second-order valence-electron chi connectivity index (χ2n) is 11.1. The van der Waals surface area contributed by atoms with Gasteiger partial charge in [0.2, 0.25) is 0 Å². The third-order valence-corrected chi connectivity index (χ3v) is 7.45. The number of carbonyl (C=O) groups is 1. The normalized spacial score (nSPS) is 13.7. The summed E-state index contributed by atoms with van der Waals surface area (Å²) in [7, 11) is 0. The van der Waals surface area contributed by atoms with Crippen LogP contribution >= 0.6 is 0 Å². The van der Waals surface area contributed by atoms with Crippen molar-refractivity contribution >= 4 is 17.3 Å². The molecule has 0 radical (unpaired) electrons. The molecule has 1 aliphatic carbocycles. The zero-order valence-corrected chi connectivity index (χ0v) is 25.0. The van der Waals surface area contributed by atoms with Gasteiger partial charge in [0, 0.05) is 11.4 Å². The van der Waals surface area contributed by atoms with E-state index in [2.05, 4.69) is 22.5 Å². The number of anilines is 2. The lowest BCUT2D eigenvalue weighted by Gasteiger charge is -2.21. The summed E-state index contributed by atoms with van der Waals surface area (Å²) in [4.78, 5) is 13.4. The molecule has 0 saturated heterocycles. The second kappa shape index (κ2) is 14.6. The minimum atomic E-state index is -4.73. The number of ether oxygens (including phenoxy) is 1. The Labute approximate surface area is 266 Å². The lowest BCUT2D eigenvalue weighted by Crippen LogP contribution is -2.25. The van der Waals surface area contributed by atoms with Crippen LogP contribution in [0.25, 0.3) is 0 Å². The van der Waals surface area contributed by atoms with E-state index in [1.54, 1.807) is 36.4 Å². The average Bonchev–Trinajstić information content (AvgIpc) is 3.89. The van der Waals surface area contributed by atoms with Crippen LogP contribution in [0.4, 0.5) is 24.5 Å². The van der Waals surface area contributed by atoms with Gasteiger partial charge in [-0.2, -0.15) is 18.4 Å². The van der Waals surface area contributed by atoms with Gasteiger partial charge in [-0.15, -0.1) is 0 Å². The number of nitriles is 1. The van der Waals surface area contributed by atoms with E-state index in [-0.39, 0.29) is 23.0 Å². The van der Waals surface area contributed by atoms with Crippen molar-refractivity contribution in [3.63, 3.8) is 0 Å².